The van der Waals surface area contributed by atoms with Gasteiger partial charge in [0.05, 0.1) is 0 Å². The zero-order chi connectivity index (χ0) is 17.0. The number of amides is 1. The summed E-state index contributed by atoms with van der Waals surface area (Å²) in [4.78, 5) is 12.6. The number of nitrogens with one attached hydrogen (secondary N) is 2. The highest BCUT2D eigenvalue weighted by Crippen LogP contribution is 2.38. The van der Waals surface area contributed by atoms with Gasteiger partial charge in [0, 0.05) is 17.3 Å². The average Bonchev–Trinajstić information content (AvgIpc) is 2.48. The van der Waals surface area contributed by atoms with E-state index in [1.807, 2.05) is 0 Å². The van der Waals surface area contributed by atoms with E-state index in [-0.39, 0.29) is 18.0 Å². The van der Waals surface area contributed by atoms with Gasteiger partial charge in [0.1, 0.15) is 6.17 Å². The van der Waals surface area contributed by atoms with E-state index in [1.54, 1.807) is 0 Å². The van der Waals surface area contributed by atoms with Crippen LogP contribution in [0.1, 0.15) is 58.3 Å². The summed E-state index contributed by atoms with van der Waals surface area (Å²) in [5, 5.41) is 7.04. The second kappa shape index (κ2) is 9.20. The predicted molar refractivity (Wildman–Crippen MR) is 108 cm³/mol. The molecule has 0 heterocycles. The summed E-state index contributed by atoms with van der Waals surface area (Å²) in [7, 11) is 0. The summed E-state index contributed by atoms with van der Waals surface area (Å²) in [5.74, 6) is 1.05. The van der Waals surface area contributed by atoms with E-state index in [0.717, 1.165) is 57.3 Å². The number of halogens is 4. The highest BCUT2D eigenvalue weighted by Gasteiger charge is 2.36. The summed E-state index contributed by atoms with van der Waals surface area (Å²) in [5.41, 5.74) is 0. The molecule has 1 atom stereocenters. The third-order valence-corrected chi connectivity index (χ3v) is 6.87. The smallest absolute Gasteiger partial charge is 0.224 e. The van der Waals surface area contributed by atoms with Crippen molar-refractivity contribution in [1.29, 1.82) is 0 Å². The first-order chi connectivity index (χ1) is 10.8. The van der Waals surface area contributed by atoms with Crippen molar-refractivity contribution in [3.05, 3.63) is 0 Å². The van der Waals surface area contributed by atoms with Crippen LogP contribution in [0.5, 0.6) is 0 Å². The van der Waals surface area contributed by atoms with Crippen LogP contribution < -0.4 is 10.6 Å². The van der Waals surface area contributed by atoms with Crippen LogP contribution >= 0.6 is 59.4 Å². The number of carbonyl (C=O) groups excluding carboxylic acids is 1. The summed E-state index contributed by atoms with van der Waals surface area (Å²) in [6.07, 6.45) is 8.23. The molecule has 0 aromatic rings. The molecule has 2 N–H and O–H groups in total. The number of rotatable bonds is 4. The maximum atomic E-state index is 12.6. The molecule has 0 radical (unpaired) electrons. The van der Waals surface area contributed by atoms with Crippen molar-refractivity contribution < 1.29 is 4.79 Å². The van der Waals surface area contributed by atoms with E-state index in [0.29, 0.717) is 11.4 Å². The Kier molecular flexibility index (Phi) is 8.19. The monoisotopic (exact) mass is 534 g/mol. The first-order valence-electron chi connectivity index (χ1n) is 8.53. The molecule has 134 valence electrons. The zero-order valence-corrected chi connectivity index (χ0v) is 19.0. The van der Waals surface area contributed by atoms with Gasteiger partial charge >= 0.3 is 0 Å². The predicted octanol–water partition coefficient (Wildman–Crippen LogP) is 5.23. The van der Waals surface area contributed by atoms with Crippen molar-refractivity contribution in [3.63, 3.8) is 0 Å². The third kappa shape index (κ3) is 6.76. The SMILES string of the molecule is CC1CCC(C(=O)NC(NC2CCC(Cl)CC2)C(Br)(Br)Br)CC1. The van der Waals surface area contributed by atoms with Crippen molar-refractivity contribution in [2.24, 2.45) is 11.8 Å². The molecular weight excluding hydrogens is 511 g/mol. The fourth-order valence-electron chi connectivity index (χ4n) is 3.46. The number of carbonyl (C=O) groups is 1. The number of hydrogen-bond donors (Lipinski definition) is 2. The van der Waals surface area contributed by atoms with E-state index < -0.39 is 2.14 Å². The van der Waals surface area contributed by atoms with Crippen LogP contribution in [0.4, 0.5) is 0 Å². The molecule has 2 fully saturated rings. The van der Waals surface area contributed by atoms with Gasteiger partial charge in [-0.1, -0.05) is 54.7 Å². The topological polar surface area (TPSA) is 41.1 Å². The molecule has 2 aliphatic carbocycles. The summed E-state index contributed by atoms with van der Waals surface area (Å²) < 4.78 is -0.553. The molecular formula is C16H26Br3ClN2O. The van der Waals surface area contributed by atoms with Crippen LogP contribution in [-0.2, 0) is 4.79 Å². The summed E-state index contributed by atoms with van der Waals surface area (Å²) >= 11 is 16.9. The maximum absolute atomic E-state index is 12.6. The molecule has 1 amide bonds. The van der Waals surface area contributed by atoms with Gasteiger partial charge in [0.25, 0.3) is 0 Å². The van der Waals surface area contributed by atoms with Gasteiger partial charge in [0.15, 0.2) is 2.14 Å². The van der Waals surface area contributed by atoms with Gasteiger partial charge in [0.2, 0.25) is 5.91 Å². The van der Waals surface area contributed by atoms with E-state index in [2.05, 4.69) is 65.3 Å². The highest BCUT2D eigenvalue weighted by molar-refractivity contribution is 9.39. The lowest BCUT2D eigenvalue weighted by Gasteiger charge is -2.35. The van der Waals surface area contributed by atoms with Gasteiger partial charge < -0.3 is 5.32 Å². The first kappa shape index (κ1) is 20.5. The van der Waals surface area contributed by atoms with Gasteiger partial charge in [-0.3, -0.25) is 10.1 Å². The Morgan fingerprint density at radius 3 is 2.13 bits per heavy atom. The molecule has 3 nitrogen and oxygen atoms in total. The summed E-state index contributed by atoms with van der Waals surface area (Å²) in [6.45, 7) is 2.27. The molecule has 2 aliphatic rings. The summed E-state index contributed by atoms with van der Waals surface area (Å²) in [6, 6.07) is 0.383. The van der Waals surface area contributed by atoms with Crippen LogP contribution in [0.25, 0.3) is 0 Å². The molecule has 0 bridgehead atoms. The van der Waals surface area contributed by atoms with Crippen LogP contribution in [0.3, 0.4) is 0 Å². The van der Waals surface area contributed by atoms with Crippen LogP contribution in [0.15, 0.2) is 0 Å². The second-order valence-electron chi connectivity index (χ2n) is 7.06. The van der Waals surface area contributed by atoms with Crippen molar-refractivity contribution in [2.45, 2.75) is 78.0 Å². The van der Waals surface area contributed by atoms with Crippen LogP contribution in [0.2, 0.25) is 0 Å². The van der Waals surface area contributed by atoms with Crippen molar-refractivity contribution in [3.8, 4) is 0 Å². The minimum absolute atomic E-state index is 0.143. The number of hydrogen-bond acceptors (Lipinski definition) is 2. The molecule has 7 heteroatoms. The van der Waals surface area contributed by atoms with E-state index in [4.69, 9.17) is 11.6 Å². The molecule has 23 heavy (non-hydrogen) atoms. The van der Waals surface area contributed by atoms with Gasteiger partial charge in [-0.05, 0) is 57.3 Å². The molecule has 0 aromatic carbocycles. The molecule has 1 unspecified atom stereocenters. The Hall–Kier alpha value is 1.16. The standard InChI is InChI=1S/C16H26Br3ClN2O/c1-10-2-4-11(5-3-10)14(23)22-15(16(17,18)19)21-13-8-6-12(20)7-9-13/h10-13,15,21H,2-9H2,1H3,(H,22,23). The van der Waals surface area contributed by atoms with Gasteiger partial charge in [-0.15, -0.1) is 11.6 Å². The third-order valence-electron chi connectivity index (χ3n) is 5.06. The molecule has 0 aromatic heterocycles. The normalized spacial score (nSPS) is 34.0. The van der Waals surface area contributed by atoms with Crippen LogP contribution in [-0.4, -0.2) is 25.6 Å². The minimum atomic E-state index is -0.553. The lowest BCUT2D eigenvalue weighted by atomic mass is 9.82. The fourth-order valence-corrected chi connectivity index (χ4v) is 4.45. The van der Waals surface area contributed by atoms with E-state index in [1.165, 1.54) is 0 Å². The molecule has 0 spiro atoms. The van der Waals surface area contributed by atoms with Crippen molar-refractivity contribution in [2.75, 3.05) is 0 Å². The molecule has 2 rings (SSSR count). The minimum Gasteiger partial charge on any atom is -0.337 e. The molecule has 0 saturated heterocycles. The lowest BCUT2D eigenvalue weighted by molar-refractivity contribution is -0.127. The molecule has 2 saturated carbocycles. The largest absolute Gasteiger partial charge is 0.337 e. The van der Waals surface area contributed by atoms with Gasteiger partial charge in [-0.2, -0.15) is 0 Å². The lowest BCUT2D eigenvalue weighted by Crippen LogP contribution is -2.57. The Morgan fingerprint density at radius 1 is 1.04 bits per heavy atom. The Balaban J connectivity index is 1.89. The highest BCUT2D eigenvalue weighted by atomic mass is 80.0. The second-order valence-corrected chi connectivity index (χ2v) is 14.6. The average molecular weight is 538 g/mol. The zero-order valence-electron chi connectivity index (χ0n) is 13.5. The van der Waals surface area contributed by atoms with E-state index >= 15 is 0 Å². The maximum Gasteiger partial charge on any atom is 0.224 e. The van der Waals surface area contributed by atoms with Crippen molar-refractivity contribution in [1.82, 2.24) is 10.6 Å². The van der Waals surface area contributed by atoms with Crippen LogP contribution in [0, 0.1) is 11.8 Å². The quantitative estimate of drug-likeness (QED) is 0.381. The fraction of sp³-hybridized carbons (Fsp3) is 0.938. The Bertz CT molecular complexity index is 389. The van der Waals surface area contributed by atoms with Crippen molar-refractivity contribution >= 4 is 65.3 Å². The van der Waals surface area contributed by atoms with Gasteiger partial charge in [-0.25, -0.2) is 0 Å². The Morgan fingerprint density at radius 2 is 1.61 bits per heavy atom. The molecule has 0 aliphatic heterocycles. The Labute approximate surface area is 169 Å². The van der Waals surface area contributed by atoms with E-state index in [9.17, 15) is 4.79 Å². The first-order valence-corrected chi connectivity index (χ1v) is 11.3. The number of alkyl halides is 4.